The fraction of sp³-hybridized carbons (Fsp3) is 0.200. The number of halogens is 1. The lowest BCUT2D eigenvalue weighted by Gasteiger charge is -2.34. The molecule has 0 bridgehead atoms. The van der Waals surface area contributed by atoms with Crippen molar-refractivity contribution in [2.75, 3.05) is 31.1 Å². The molecule has 7 nitrogen and oxygen atoms in total. The van der Waals surface area contributed by atoms with Crippen LogP contribution in [-0.2, 0) is 4.79 Å². The standard InChI is InChI=1S/C20H18IN5O2/c1-2-18(27)24-7-9-25(10-8-24)20-23-13-22-17-11-14(12-19(28)26(17)20)15-5-3-4-6-16(15)21/h2-6,11-13H,1,7-10H2. The number of piperazine rings is 1. The first-order valence-electron chi connectivity index (χ1n) is 8.87. The highest BCUT2D eigenvalue weighted by Crippen LogP contribution is 2.25. The lowest BCUT2D eigenvalue weighted by molar-refractivity contribution is -0.126. The molecular weight excluding hydrogens is 469 g/mol. The molecule has 0 spiro atoms. The second-order valence-corrected chi connectivity index (χ2v) is 7.61. The van der Waals surface area contributed by atoms with Crippen LogP contribution in [0.15, 0.2) is 60.2 Å². The number of nitrogens with zero attached hydrogens (tertiary/aromatic N) is 5. The maximum atomic E-state index is 12.9. The monoisotopic (exact) mass is 487 g/mol. The average Bonchev–Trinajstić information content (AvgIpc) is 2.73. The molecule has 2 aromatic heterocycles. The van der Waals surface area contributed by atoms with Gasteiger partial charge in [0.2, 0.25) is 11.9 Å². The topological polar surface area (TPSA) is 70.8 Å². The zero-order valence-electron chi connectivity index (χ0n) is 15.1. The Morgan fingerprint density at radius 2 is 1.86 bits per heavy atom. The normalized spacial score (nSPS) is 14.3. The van der Waals surface area contributed by atoms with Crippen molar-refractivity contribution in [3.63, 3.8) is 0 Å². The Morgan fingerprint density at radius 1 is 1.11 bits per heavy atom. The van der Waals surface area contributed by atoms with Crippen molar-refractivity contribution in [2.45, 2.75) is 0 Å². The van der Waals surface area contributed by atoms with E-state index in [1.165, 1.54) is 16.8 Å². The molecular formula is C20H18IN5O2. The van der Waals surface area contributed by atoms with Crippen molar-refractivity contribution in [3.05, 3.63) is 69.3 Å². The third-order valence-corrected chi connectivity index (χ3v) is 5.75. The van der Waals surface area contributed by atoms with Crippen LogP contribution in [0.3, 0.4) is 0 Å². The molecule has 142 valence electrons. The van der Waals surface area contributed by atoms with Gasteiger partial charge in [0.25, 0.3) is 5.56 Å². The van der Waals surface area contributed by atoms with Gasteiger partial charge < -0.3 is 9.80 Å². The molecule has 4 rings (SSSR count). The summed E-state index contributed by atoms with van der Waals surface area (Å²) in [6.45, 7) is 5.84. The van der Waals surface area contributed by atoms with E-state index in [-0.39, 0.29) is 11.5 Å². The van der Waals surface area contributed by atoms with Gasteiger partial charge in [-0.05, 0) is 51.9 Å². The summed E-state index contributed by atoms with van der Waals surface area (Å²) in [7, 11) is 0. The number of hydrogen-bond acceptors (Lipinski definition) is 5. The average molecular weight is 487 g/mol. The molecule has 3 aromatic rings. The molecule has 0 saturated carbocycles. The number of hydrogen-bond donors (Lipinski definition) is 0. The van der Waals surface area contributed by atoms with Crippen molar-refractivity contribution in [3.8, 4) is 11.1 Å². The summed E-state index contributed by atoms with van der Waals surface area (Å²) < 4.78 is 2.60. The molecule has 1 aliphatic heterocycles. The Morgan fingerprint density at radius 3 is 2.57 bits per heavy atom. The third-order valence-electron chi connectivity index (χ3n) is 4.81. The van der Waals surface area contributed by atoms with Crippen LogP contribution in [0.5, 0.6) is 0 Å². The molecule has 0 aliphatic carbocycles. The zero-order chi connectivity index (χ0) is 19.7. The summed E-state index contributed by atoms with van der Waals surface area (Å²) >= 11 is 2.26. The fourth-order valence-corrected chi connectivity index (χ4v) is 4.08. The summed E-state index contributed by atoms with van der Waals surface area (Å²) in [4.78, 5) is 37.1. The van der Waals surface area contributed by atoms with E-state index in [0.717, 1.165) is 14.7 Å². The molecule has 1 amide bonds. The molecule has 0 N–H and O–H groups in total. The number of fused-ring (bicyclic) bond motifs is 1. The van der Waals surface area contributed by atoms with Gasteiger partial charge >= 0.3 is 0 Å². The molecule has 0 unspecified atom stereocenters. The van der Waals surface area contributed by atoms with Crippen LogP contribution in [-0.4, -0.2) is 51.4 Å². The van der Waals surface area contributed by atoms with Gasteiger partial charge in [-0.3, -0.25) is 9.59 Å². The van der Waals surface area contributed by atoms with E-state index >= 15 is 0 Å². The maximum absolute atomic E-state index is 12.9. The lowest BCUT2D eigenvalue weighted by Crippen LogP contribution is -2.49. The van der Waals surface area contributed by atoms with Crippen molar-refractivity contribution >= 4 is 40.1 Å². The van der Waals surface area contributed by atoms with Crippen LogP contribution in [0.4, 0.5) is 5.95 Å². The number of benzene rings is 1. The van der Waals surface area contributed by atoms with Gasteiger partial charge in [0.15, 0.2) is 0 Å². The van der Waals surface area contributed by atoms with Crippen LogP contribution in [0.25, 0.3) is 16.8 Å². The highest BCUT2D eigenvalue weighted by atomic mass is 127. The Hall–Kier alpha value is -2.75. The van der Waals surface area contributed by atoms with E-state index in [1.54, 1.807) is 11.0 Å². The van der Waals surface area contributed by atoms with E-state index in [4.69, 9.17) is 0 Å². The Kier molecular flexibility index (Phi) is 5.12. The van der Waals surface area contributed by atoms with Crippen molar-refractivity contribution in [1.82, 2.24) is 19.3 Å². The lowest BCUT2D eigenvalue weighted by atomic mass is 10.1. The number of pyridine rings is 1. The third kappa shape index (κ3) is 3.39. The van der Waals surface area contributed by atoms with Gasteiger partial charge in [0, 0.05) is 35.8 Å². The second kappa shape index (κ2) is 7.70. The van der Waals surface area contributed by atoms with Crippen LogP contribution >= 0.6 is 22.6 Å². The molecule has 3 heterocycles. The number of amides is 1. The van der Waals surface area contributed by atoms with Gasteiger partial charge in [-0.2, -0.15) is 0 Å². The zero-order valence-corrected chi connectivity index (χ0v) is 17.2. The van der Waals surface area contributed by atoms with E-state index in [9.17, 15) is 9.59 Å². The first-order valence-corrected chi connectivity index (χ1v) is 9.95. The number of carbonyl (C=O) groups excluding carboxylic acids is 1. The van der Waals surface area contributed by atoms with Crippen LogP contribution < -0.4 is 10.5 Å². The first-order chi connectivity index (χ1) is 13.6. The highest BCUT2D eigenvalue weighted by molar-refractivity contribution is 14.1. The quantitative estimate of drug-likeness (QED) is 0.419. The number of rotatable bonds is 3. The SMILES string of the molecule is C=CC(=O)N1CCN(c2ncnc3cc(-c4ccccc4I)cc(=O)n23)CC1. The molecule has 8 heteroatoms. The van der Waals surface area contributed by atoms with Crippen molar-refractivity contribution in [2.24, 2.45) is 0 Å². The summed E-state index contributed by atoms with van der Waals surface area (Å²) in [5.41, 5.74) is 2.21. The largest absolute Gasteiger partial charge is 0.338 e. The minimum Gasteiger partial charge on any atom is -0.338 e. The Labute approximate surface area is 175 Å². The summed E-state index contributed by atoms with van der Waals surface area (Å²) in [6.07, 6.45) is 2.80. The van der Waals surface area contributed by atoms with Crippen LogP contribution in [0.1, 0.15) is 0 Å². The minimum atomic E-state index is -0.174. The highest BCUT2D eigenvalue weighted by Gasteiger charge is 2.22. The van der Waals surface area contributed by atoms with Gasteiger partial charge in [0.1, 0.15) is 12.0 Å². The Balaban J connectivity index is 1.72. The van der Waals surface area contributed by atoms with Crippen molar-refractivity contribution < 1.29 is 4.79 Å². The smallest absolute Gasteiger partial charge is 0.259 e. The van der Waals surface area contributed by atoms with Crippen LogP contribution in [0, 0.1) is 3.57 Å². The molecule has 28 heavy (non-hydrogen) atoms. The number of aromatic nitrogens is 3. The van der Waals surface area contributed by atoms with E-state index in [2.05, 4.69) is 39.1 Å². The second-order valence-electron chi connectivity index (χ2n) is 6.45. The number of carbonyl (C=O) groups is 1. The molecule has 1 aliphatic rings. The molecule has 1 aromatic carbocycles. The summed E-state index contributed by atoms with van der Waals surface area (Å²) in [5, 5.41) is 0. The van der Waals surface area contributed by atoms with Gasteiger partial charge in [-0.15, -0.1) is 0 Å². The minimum absolute atomic E-state index is 0.0773. The molecule has 1 fully saturated rings. The summed E-state index contributed by atoms with van der Waals surface area (Å²) in [5.74, 6) is 0.474. The molecule has 0 radical (unpaired) electrons. The molecule has 0 atom stereocenters. The summed E-state index contributed by atoms with van der Waals surface area (Å²) in [6, 6.07) is 11.4. The van der Waals surface area contributed by atoms with Gasteiger partial charge in [0.05, 0.1) is 0 Å². The van der Waals surface area contributed by atoms with Crippen LogP contribution in [0.2, 0.25) is 0 Å². The predicted octanol–water partition coefficient (Wildman–Crippen LogP) is 2.20. The first kappa shape index (κ1) is 18.6. The fourth-order valence-electron chi connectivity index (χ4n) is 3.38. The van der Waals surface area contributed by atoms with E-state index < -0.39 is 0 Å². The Bertz CT molecular complexity index is 1120. The van der Waals surface area contributed by atoms with Gasteiger partial charge in [-0.1, -0.05) is 24.8 Å². The van der Waals surface area contributed by atoms with Crippen molar-refractivity contribution in [1.29, 1.82) is 0 Å². The van der Waals surface area contributed by atoms with Gasteiger partial charge in [-0.25, -0.2) is 14.4 Å². The maximum Gasteiger partial charge on any atom is 0.259 e. The predicted molar refractivity (Wildman–Crippen MR) is 116 cm³/mol. The number of anilines is 1. The van der Waals surface area contributed by atoms with E-state index in [0.29, 0.717) is 37.8 Å². The van der Waals surface area contributed by atoms with E-state index in [1.807, 2.05) is 35.2 Å². The molecule has 1 saturated heterocycles.